The van der Waals surface area contributed by atoms with E-state index in [0.29, 0.717) is 34.1 Å². The number of nitriles is 1. The average molecular weight is 1050 g/mol. The number of hydrogen-bond acceptors (Lipinski definition) is 1. The molecule has 15 aromatic rings. The van der Waals surface area contributed by atoms with Crippen molar-refractivity contribution in [2.24, 2.45) is 0 Å². The quantitative estimate of drug-likeness (QED) is 0.153. The van der Waals surface area contributed by atoms with Gasteiger partial charge in [-0.1, -0.05) is 133 Å². The fourth-order valence-electron chi connectivity index (χ4n) is 12.5. The van der Waals surface area contributed by atoms with Crippen LogP contribution >= 0.6 is 0 Å². The van der Waals surface area contributed by atoms with E-state index >= 15 is 13.2 Å². The fourth-order valence-corrected chi connectivity index (χ4v) is 12.5. The van der Waals surface area contributed by atoms with Crippen LogP contribution < -0.4 is 0 Å². The van der Waals surface area contributed by atoms with Crippen molar-refractivity contribution in [3.63, 3.8) is 0 Å². The highest BCUT2D eigenvalue weighted by Crippen LogP contribution is 2.47. The first-order valence-corrected chi connectivity index (χ1v) is 25.9. The van der Waals surface area contributed by atoms with E-state index in [0.717, 1.165) is 105 Å². The van der Waals surface area contributed by atoms with Gasteiger partial charge in [0.15, 0.2) is 0 Å². The van der Waals surface area contributed by atoms with Gasteiger partial charge in [0, 0.05) is 65.6 Å². The Hall–Kier alpha value is -10.3. The van der Waals surface area contributed by atoms with E-state index in [-0.39, 0.29) is 11.6 Å². The molecule has 0 radical (unpaired) electrons. The summed E-state index contributed by atoms with van der Waals surface area (Å²) < 4.78 is 96.6. The van der Waals surface area contributed by atoms with Crippen molar-refractivity contribution in [2.75, 3.05) is 0 Å². The Bertz CT molecular complexity index is 5030. The fraction of sp³-hybridized carbons (Fsp3) is 0.0290. The number of nitrogens with zero attached hydrogens (tertiary/aromatic N) is 5. The van der Waals surface area contributed by atoms with Crippen LogP contribution in [0.5, 0.6) is 0 Å². The maximum atomic E-state index is 15.2. The van der Waals surface area contributed by atoms with E-state index in [1.165, 1.54) is 6.07 Å². The normalized spacial score (nSPS) is 12.4. The van der Waals surface area contributed by atoms with E-state index < -0.39 is 29.0 Å². The van der Waals surface area contributed by atoms with Crippen molar-refractivity contribution >= 4 is 87.2 Å². The molecule has 4 aromatic heterocycles. The molecule has 4 heterocycles. The van der Waals surface area contributed by atoms with Crippen LogP contribution in [0.3, 0.4) is 0 Å². The van der Waals surface area contributed by atoms with Crippen LogP contribution in [0.15, 0.2) is 237 Å². The van der Waals surface area contributed by atoms with Gasteiger partial charge in [0.05, 0.1) is 78.3 Å². The standard InChI is InChI=1S/C69H39F6N5/c70-68(71,72)43-27-32-46(57(37-43)69(73,74)75)42-26-31-54(67(36-42)80-63-24-12-6-18-52(63)56-39-45(29-34-65(56)80)78-60-21-9-3-15-49(60)50-16-4-10-22-61(50)78)53-30-25-41(40-76)35-66(53)79-62-23-11-5-17-51(62)55-38-44(28-33-64(55)79)77-58-19-7-1-13-47(58)48-14-2-8-20-59(48)77/h1-39H. The zero-order valence-electron chi connectivity index (χ0n) is 42.0. The predicted octanol–water partition coefficient (Wildman–Crippen LogP) is 19.3. The predicted molar refractivity (Wildman–Crippen MR) is 309 cm³/mol. The van der Waals surface area contributed by atoms with Crippen LogP contribution in [0.25, 0.3) is 132 Å². The number of fused-ring (bicyclic) bond motifs is 12. The molecule has 0 bridgehead atoms. The van der Waals surface area contributed by atoms with Crippen LogP contribution in [-0.2, 0) is 12.4 Å². The van der Waals surface area contributed by atoms with Gasteiger partial charge in [0.25, 0.3) is 0 Å². The number of halogens is 6. The zero-order valence-corrected chi connectivity index (χ0v) is 42.0. The Labute approximate surface area is 451 Å². The summed E-state index contributed by atoms with van der Waals surface area (Å²) in [5.74, 6) is 0. The first-order chi connectivity index (χ1) is 38.9. The van der Waals surface area contributed by atoms with Crippen molar-refractivity contribution in [1.29, 1.82) is 5.26 Å². The molecule has 0 atom stereocenters. The van der Waals surface area contributed by atoms with Gasteiger partial charge in [-0.25, -0.2) is 0 Å². The number of benzene rings is 11. The topological polar surface area (TPSA) is 43.5 Å². The molecule has 0 amide bonds. The molecule has 11 aromatic carbocycles. The van der Waals surface area contributed by atoms with Gasteiger partial charge >= 0.3 is 12.4 Å². The number of aromatic nitrogens is 4. The summed E-state index contributed by atoms with van der Waals surface area (Å²) in [6.45, 7) is 0. The molecule has 5 nitrogen and oxygen atoms in total. The van der Waals surface area contributed by atoms with Gasteiger partial charge in [0.1, 0.15) is 0 Å². The second kappa shape index (κ2) is 17.3. The Morgan fingerprint density at radius 2 is 0.662 bits per heavy atom. The Morgan fingerprint density at radius 1 is 0.300 bits per heavy atom. The third-order valence-corrected chi connectivity index (χ3v) is 15.8. The highest BCUT2D eigenvalue weighted by molar-refractivity contribution is 6.15. The summed E-state index contributed by atoms with van der Waals surface area (Å²) in [5.41, 5.74) is 8.75. The lowest BCUT2D eigenvalue weighted by molar-refractivity contribution is -0.142. The largest absolute Gasteiger partial charge is 0.417 e. The van der Waals surface area contributed by atoms with E-state index in [1.54, 1.807) is 18.2 Å². The van der Waals surface area contributed by atoms with Gasteiger partial charge in [-0.05, 0) is 114 Å². The molecule has 0 aliphatic heterocycles. The lowest BCUT2D eigenvalue weighted by Crippen LogP contribution is -2.12. The minimum absolute atomic E-state index is 0.0577. The molecule has 0 aliphatic carbocycles. The molecule has 80 heavy (non-hydrogen) atoms. The van der Waals surface area contributed by atoms with Crippen LogP contribution in [0, 0.1) is 11.3 Å². The Morgan fingerprint density at radius 3 is 1.07 bits per heavy atom. The van der Waals surface area contributed by atoms with Crippen molar-refractivity contribution in [3.8, 4) is 51.1 Å². The molecule has 0 spiro atoms. The van der Waals surface area contributed by atoms with E-state index in [1.807, 2.05) is 120 Å². The summed E-state index contributed by atoms with van der Waals surface area (Å²) >= 11 is 0. The SMILES string of the molecule is N#Cc1ccc(-c2ccc(-c3ccc(C(F)(F)F)cc3C(F)(F)F)cc2-n2c3ccccc3c3cc(-n4c5ccccc5c5ccccc54)ccc32)c(-n2c3ccccc3c3cc(-n4c5ccccc5c5ccccc54)ccc32)c1. The monoisotopic (exact) mass is 1050 g/mol. The molecular weight excluding hydrogens is 1010 g/mol. The van der Waals surface area contributed by atoms with E-state index in [9.17, 15) is 18.4 Å². The first kappa shape index (κ1) is 46.9. The average Bonchev–Trinajstić information content (AvgIpc) is 4.24. The highest BCUT2D eigenvalue weighted by atomic mass is 19.4. The van der Waals surface area contributed by atoms with Crippen LogP contribution in [0.1, 0.15) is 16.7 Å². The van der Waals surface area contributed by atoms with Crippen molar-refractivity contribution < 1.29 is 26.3 Å². The molecule has 0 aliphatic rings. The summed E-state index contributed by atoms with van der Waals surface area (Å²) in [6, 6.07) is 76.1. The number of alkyl halides is 6. The molecule has 0 N–H and O–H groups in total. The third-order valence-electron chi connectivity index (χ3n) is 15.8. The molecule has 0 saturated carbocycles. The molecule has 0 fully saturated rings. The molecule has 0 unspecified atom stereocenters. The second-order valence-electron chi connectivity index (χ2n) is 20.2. The minimum atomic E-state index is -5.14. The van der Waals surface area contributed by atoms with Crippen LogP contribution in [0.2, 0.25) is 0 Å². The summed E-state index contributed by atoms with van der Waals surface area (Å²) in [7, 11) is 0. The lowest BCUT2D eigenvalue weighted by Gasteiger charge is -2.21. The number of hydrogen-bond donors (Lipinski definition) is 0. The van der Waals surface area contributed by atoms with Crippen LogP contribution in [-0.4, -0.2) is 18.3 Å². The maximum Gasteiger partial charge on any atom is 0.417 e. The Kier molecular flexibility index (Phi) is 10.2. The van der Waals surface area contributed by atoms with Crippen LogP contribution in [0.4, 0.5) is 26.3 Å². The zero-order chi connectivity index (χ0) is 54.2. The number of rotatable bonds is 6. The highest BCUT2D eigenvalue weighted by Gasteiger charge is 2.39. The number of para-hydroxylation sites is 6. The van der Waals surface area contributed by atoms with Gasteiger partial charge < -0.3 is 18.3 Å². The maximum absolute atomic E-state index is 15.2. The lowest BCUT2D eigenvalue weighted by atomic mass is 9.92. The molecular formula is C69H39F6N5. The third kappa shape index (κ3) is 7.05. The van der Waals surface area contributed by atoms with E-state index in [4.69, 9.17) is 0 Å². The molecule has 11 heteroatoms. The summed E-state index contributed by atoms with van der Waals surface area (Å²) in [6.07, 6.45) is -10.1. The van der Waals surface area contributed by atoms with Gasteiger partial charge in [-0.2, -0.15) is 31.6 Å². The second-order valence-corrected chi connectivity index (χ2v) is 20.2. The van der Waals surface area contributed by atoms with Gasteiger partial charge in [0.2, 0.25) is 0 Å². The smallest absolute Gasteiger partial charge is 0.309 e. The molecule has 15 rings (SSSR count). The van der Waals surface area contributed by atoms with Crippen molar-refractivity contribution in [2.45, 2.75) is 12.4 Å². The van der Waals surface area contributed by atoms with Gasteiger partial charge in [-0.15, -0.1) is 0 Å². The molecule has 382 valence electrons. The van der Waals surface area contributed by atoms with Crippen molar-refractivity contribution in [1.82, 2.24) is 18.3 Å². The summed E-state index contributed by atoms with van der Waals surface area (Å²) in [4.78, 5) is 0. The van der Waals surface area contributed by atoms with E-state index in [2.05, 4.69) is 98.6 Å². The Balaban J connectivity index is 1.01. The van der Waals surface area contributed by atoms with Gasteiger partial charge in [-0.3, -0.25) is 0 Å². The molecule has 0 saturated heterocycles. The summed E-state index contributed by atoms with van der Waals surface area (Å²) in [5, 5.41) is 18.7. The minimum Gasteiger partial charge on any atom is -0.309 e. The van der Waals surface area contributed by atoms with Crippen molar-refractivity contribution in [3.05, 3.63) is 253 Å². The first-order valence-electron chi connectivity index (χ1n) is 25.9.